The van der Waals surface area contributed by atoms with E-state index in [0.717, 1.165) is 18.9 Å². The Morgan fingerprint density at radius 1 is 1.47 bits per heavy atom. The lowest BCUT2D eigenvalue weighted by Crippen LogP contribution is -2.46. The molecule has 0 aliphatic carbocycles. The summed E-state index contributed by atoms with van der Waals surface area (Å²) < 4.78 is 15.9. The fraction of sp³-hybridized carbons (Fsp3) is 0.474. The Hall–Kier alpha value is -3.34. The summed E-state index contributed by atoms with van der Waals surface area (Å²) >= 11 is 0. The summed E-state index contributed by atoms with van der Waals surface area (Å²) in [5.74, 6) is -1.47. The minimum atomic E-state index is -1.03. The Bertz CT molecular complexity index is 907. The number of urea groups is 1. The van der Waals surface area contributed by atoms with Crippen LogP contribution in [0.4, 0.5) is 10.5 Å². The van der Waals surface area contributed by atoms with Crippen LogP contribution in [0.5, 0.6) is 11.5 Å². The second-order valence-corrected chi connectivity index (χ2v) is 7.02. The first-order valence-corrected chi connectivity index (χ1v) is 9.33. The van der Waals surface area contributed by atoms with Crippen molar-refractivity contribution in [2.24, 2.45) is 0 Å². The highest BCUT2D eigenvalue weighted by molar-refractivity contribution is 5.95. The molecule has 1 fully saturated rings. The molecule has 0 bridgehead atoms. The van der Waals surface area contributed by atoms with Crippen molar-refractivity contribution in [2.45, 2.75) is 31.9 Å². The van der Waals surface area contributed by atoms with E-state index >= 15 is 0 Å². The van der Waals surface area contributed by atoms with Crippen LogP contribution >= 0.6 is 0 Å². The van der Waals surface area contributed by atoms with Crippen molar-refractivity contribution in [1.82, 2.24) is 10.2 Å². The number of rotatable bonds is 6. The zero-order valence-electron chi connectivity index (χ0n) is 16.8. The number of amides is 2. The number of phenolic OH excluding ortho intramolecular Hbond substituents is 1. The molecule has 11 heteroatoms. The van der Waals surface area contributed by atoms with Crippen LogP contribution in [0.3, 0.4) is 0 Å². The van der Waals surface area contributed by atoms with Crippen LogP contribution in [0.15, 0.2) is 23.4 Å². The number of phenols is 1. The molecule has 0 unspecified atom stereocenters. The Morgan fingerprint density at radius 2 is 2.20 bits per heavy atom. The van der Waals surface area contributed by atoms with Gasteiger partial charge in [-0.15, -0.1) is 0 Å². The summed E-state index contributed by atoms with van der Waals surface area (Å²) in [6, 6.07) is 0.898. The zero-order chi connectivity index (χ0) is 22.0. The van der Waals surface area contributed by atoms with Crippen LogP contribution < -0.4 is 10.1 Å². The van der Waals surface area contributed by atoms with Crippen molar-refractivity contribution >= 4 is 17.7 Å². The zero-order valence-corrected chi connectivity index (χ0v) is 16.8. The van der Waals surface area contributed by atoms with Crippen LogP contribution in [0.1, 0.15) is 31.4 Å². The summed E-state index contributed by atoms with van der Waals surface area (Å²) in [4.78, 5) is 37.1. The molecule has 1 aromatic rings. The monoisotopic (exact) mass is 421 g/mol. The summed E-state index contributed by atoms with van der Waals surface area (Å²) in [7, 11) is 2.74. The normalized spacial score (nSPS) is 21.4. The van der Waals surface area contributed by atoms with E-state index < -0.39 is 34.4 Å². The van der Waals surface area contributed by atoms with E-state index in [-0.39, 0.29) is 29.6 Å². The lowest BCUT2D eigenvalue weighted by Gasteiger charge is -2.33. The molecule has 162 valence electrons. The van der Waals surface area contributed by atoms with E-state index in [1.165, 1.54) is 25.1 Å². The molecule has 2 heterocycles. The van der Waals surface area contributed by atoms with Gasteiger partial charge in [0.2, 0.25) is 5.75 Å². The second-order valence-electron chi connectivity index (χ2n) is 7.02. The van der Waals surface area contributed by atoms with Crippen molar-refractivity contribution in [3.8, 4) is 11.5 Å². The van der Waals surface area contributed by atoms with Crippen molar-refractivity contribution in [2.75, 3.05) is 27.4 Å². The Kier molecular flexibility index (Phi) is 6.11. The van der Waals surface area contributed by atoms with E-state index in [1.54, 1.807) is 6.92 Å². The first-order valence-electron chi connectivity index (χ1n) is 9.33. The molecule has 0 saturated carbocycles. The number of allylic oxidation sites excluding steroid dienone is 1. The molecule has 1 aromatic carbocycles. The summed E-state index contributed by atoms with van der Waals surface area (Å²) in [6.45, 7) is 2.27. The number of nitrogens with one attached hydrogen (secondary N) is 1. The molecule has 2 aliphatic rings. The average Bonchev–Trinajstić information content (AvgIpc) is 3.23. The molecule has 2 N–H and O–H groups in total. The number of carbonyl (C=O) groups excluding carboxylic acids is 2. The minimum absolute atomic E-state index is 0.0685. The van der Waals surface area contributed by atoms with Crippen LogP contribution in [0, 0.1) is 10.1 Å². The van der Waals surface area contributed by atoms with Crippen molar-refractivity contribution in [3.05, 3.63) is 39.1 Å². The number of esters is 1. The van der Waals surface area contributed by atoms with E-state index in [2.05, 4.69) is 5.32 Å². The summed E-state index contributed by atoms with van der Waals surface area (Å²) in [6.07, 6.45) is 1.49. The highest BCUT2D eigenvalue weighted by Crippen LogP contribution is 2.41. The summed E-state index contributed by atoms with van der Waals surface area (Å²) in [5, 5.41) is 24.0. The van der Waals surface area contributed by atoms with Gasteiger partial charge >= 0.3 is 17.7 Å². The van der Waals surface area contributed by atoms with E-state index in [1.807, 2.05) is 0 Å². The van der Waals surface area contributed by atoms with Crippen LogP contribution in [-0.2, 0) is 14.3 Å². The third kappa shape index (κ3) is 4.01. The smallest absolute Gasteiger partial charge is 0.338 e. The lowest BCUT2D eigenvalue weighted by atomic mass is 9.94. The van der Waals surface area contributed by atoms with Crippen LogP contribution in [-0.4, -0.2) is 60.4 Å². The van der Waals surface area contributed by atoms with E-state index in [0.29, 0.717) is 12.3 Å². The van der Waals surface area contributed by atoms with Crippen LogP contribution in [0.2, 0.25) is 0 Å². The lowest BCUT2D eigenvalue weighted by molar-refractivity contribution is -0.386. The van der Waals surface area contributed by atoms with Crippen LogP contribution in [0.25, 0.3) is 0 Å². The van der Waals surface area contributed by atoms with Gasteiger partial charge in [-0.25, -0.2) is 9.59 Å². The maximum Gasteiger partial charge on any atom is 0.338 e. The van der Waals surface area contributed by atoms with E-state index in [4.69, 9.17) is 14.2 Å². The maximum atomic E-state index is 12.9. The van der Waals surface area contributed by atoms with Gasteiger partial charge in [-0.3, -0.25) is 10.1 Å². The highest BCUT2D eigenvalue weighted by atomic mass is 16.6. The number of nitro benzene ring substituents is 1. The number of aromatic hydroxyl groups is 1. The molecule has 0 aromatic heterocycles. The van der Waals surface area contributed by atoms with Gasteiger partial charge in [0.1, 0.15) is 6.61 Å². The number of nitrogens with zero attached hydrogens (tertiary/aromatic N) is 2. The average molecular weight is 421 g/mol. The van der Waals surface area contributed by atoms with Gasteiger partial charge in [0.05, 0.1) is 29.8 Å². The Balaban J connectivity index is 2.00. The third-order valence-corrected chi connectivity index (χ3v) is 5.23. The SMILES string of the molecule is COc1cc([C@H]2NC(=O)N(C)C(C)=C2C(=O)OC[C@H]2CCCO2)cc([N+](=O)[O-])c1O. The van der Waals surface area contributed by atoms with Gasteiger partial charge in [0.25, 0.3) is 0 Å². The van der Waals surface area contributed by atoms with Crippen molar-refractivity contribution in [1.29, 1.82) is 0 Å². The highest BCUT2D eigenvalue weighted by Gasteiger charge is 2.37. The number of hydrogen-bond acceptors (Lipinski definition) is 8. The largest absolute Gasteiger partial charge is 0.500 e. The van der Waals surface area contributed by atoms with Gasteiger partial charge in [-0.05, 0) is 31.4 Å². The minimum Gasteiger partial charge on any atom is -0.500 e. The number of carbonyl (C=O) groups is 2. The van der Waals surface area contributed by atoms with Gasteiger partial charge in [-0.1, -0.05) is 0 Å². The molecular formula is C19H23N3O8. The molecule has 1 saturated heterocycles. The van der Waals surface area contributed by atoms with E-state index in [9.17, 15) is 24.8 Å². The molecule has 2 atom stereocenters. The molecule has 30 heavy (non-hydrogen) atoms. The van der Waals surface area contributed by atoms with Crippen molar-refractivity contribution < 1.29 is 33.8 Å². The third-order valence-electron chi connectivity index (χ3n) is 5.23. The molecule has 0 radical (unpaired) electrons. The predicted octanol–water partition coefficient (Wildman–Crippen LogP) is 2.00. The first-order chi connectivity index (χ1) is 14.2. The quantitative estimate of drug-likeness (QED) is 0.404. The molecule has 2 amide bonds. The Labute approximate surface area is 172 Å². The number of ether oxygens (including phenoxy) is 3. The Morgan fingerprint density at radius 3 is 2.80 bits per heavy atom. The summed E-state index contributed by atoms with van der Waals surface area (Å²) in [5.41, 5.74) is 0.0522. The fourth-order valence-electron chi connectivity index (χ4n) is 3.45. The fourth-order valence-corrected chi connectivity index (χ4v) is 3.45. The molecule has 0 spiro atoms. The number of nitro groups is 1. The standard InChI is InChI=1S/C19H23N3O8/c1-10-15(18(24)30-9-12-5-4-6-29-12)16(20-19(25)21(10)2)11-7-13(22(26)27)17(23)14(8-11)28-3/h7-8,12,16,23H,4-6,9H2,1-3H3,(H,20,25)/t12-,16-/m1/s1. The molecular weight excluding hydrogens is 398 g/mol. The number of benzene rings is 1. The van der Waals surface area contributed by atoms with Gasteiger partial charge in [0, 0.05) is 25.4 Å². The van der Waals surface area contributed by atoms with Gasteiger partial charge in [-0.2, -0.15) is 0 Å². The van der Waals surface area contributed by atoms with Gasteiger partial charge in [0.15, 0.2) is 5.75 Å². The predicted molar refractivity (Wildman–Crippen MR) is 103 cm³/mol. The second kappa shape index (κ2) is 8.57. The topological polar surface area (TPSA) is 140 Å². The number of hydrogen-bond donors (Lipinski definition) is 2. The molecule has 3 rings (SSSR count). The molecule has 11 nitrogen and oxygen atoms in total. The first kappa shape index (κ1) is 21.4. The molecule has 2 aliphatic heterocycles. The number of methoxy groups -OCH3 is 1. The van der Waals surface area contributed by atoms with Crippen molar-refractivity contribution in [3.63, 3.8) is 0 Å². The maximum absolute atomic E-state index is 12.9. The van der Waals surface area contributed by atoms with Gasteiger partial charge < -0.3 is 29.5 Å².